The lowest BCUT2D eigenvalue weighted by Gasteiger charge is -2.12. The summed E-state index contributed by atoms with van der Waals surface area (Å²) in [6, 6.07) is 0.289. The molecule has 1 atom stereocenters. The molecule has 1 unspecified atom stereocenters. The highest BCUT2D eigenvalue weighted by molar-refractivity contribution is 6.50. The zero-order valence-corrected chi connectivity index (χ0v) is 12.2. The third-order valence-electron chi connectivity index (χ3n) is 2.82. The number of hydrazone groups is 1. The van der Waals surface area contributed by atoms with Gasteiger partial charge in [0.2, 0.25) is 6.21 Å². The Labute approximate surface area is 125 Å². The van der Waals surface area contributed by atoms with Crippen LogP contribution in [0.1, 0.15) is 13.8 Å². The molecule has 0 spiro atoms. The molecular formula is C12H16BF4N3O2. The van der Waals surface area contributed by atoms with Gasteiger partial charge in [0.1, 0.15) is 0 Å². The fourth-order valence-electron chi connectivity index (χ4n) is 1.92. The van der Waals surface area contributed by atoms with Crippen LogP contribution in [-0.4, -0.2) is 37.6 Å². The second kappa shape index (κ2) is 7.14. The monoisotopic (exact) mass is 321 g/mol. The van der Waals surface area contributed by atoms with E-state index in [0.29, 0.717) is 0 Å². The molecule has 122 valence electrons. The van der Waals surface area contributed by atoms with Crippen LogP contribution in [0.5, 0.6) is 0 Å². The van der Waals surface area contributed by atoms with Crippen LogP contribution >= 0.6 is 0 Å². The maximum atomic E-state index is 11.0. The van der Waals surface area contributed by atoms with E-state index in [1.54, 1.807) is 11.2 Å². The number of esters is 1. The van der Waals surface area contributed by atoms with Crippen LogP contribution in [0.25, 0.3) is 0 Å². The summed E-state index contributed by atoms with van der Waals surface area (Å²) in [5.41, 5.74) is 3.55. The van der Waals surface area contributed by atoms with E-state index in [1.165, 1.54) is 24.3 Å². The van der Waals surface area contributed by atoms with Crippen LogP contribution in [0.2, 0.25) is 0 Å². The standard InChI is InChI=1S/C12H15N3O2.BF4/c1-8-10-6-13-15(5-4-12(16)17-3)7-11(10)9(2)14-8;2-1(3,4)5/h4-7,9,14H,1-3H3;/q;-1/p+1. The summed E-state index contributed by atoms with van der Waals surface area (Å²) in [4.78, 5) is 11.0. The van der Waals surface area contributed by atoms with Crippen molar-refractivity contribution in [1.82, 2.24) is 10.3 Å². The second-order valence-electron chi connectivity index (χ2n) is 4.50. The maximum absolute atomic E-state index is 11.0. The smallest absolute Gasteiger partial charge is 0.466 e. The number of rotatable bonds is 2. The molecule has 0 bridgehead atoms. The number of nitrogens with one attached hydrogen (secondary N) is 2. The molecular weight excluding hydrogens is 305 g/mol. The molecule has 0 fully saturated rings. The highest BCUT2D eigenvalue weighted by Crippen LogP contribution is 2.23. The van der Waals surface area contributed by atoms with Gasteiger partial charge in [-0.15, -0.1) is 10.1 Å². The van der Waals surface area contributed by atoms with E-state index in [-0.39, 0.29) is 12.0 Å². The van der Waals surface area contributed by atoms with Gasteiger partial charge in [0, 0.05) is 17.3 Å². The fraction of sp³-hybridized carbons (Fsp3) is 0.333. The van der Waals surface area contributed by atoms with Gasteiger partial charge < -0.3 is 27.3 Å². The van der Waals surface area contributed by atoms with E-state index in [9.17, 15) is 22.1 Å². The predicted octanol–water partition coefficient (Wildman–Crippen LogP) is 0.505. The van der Waals surface area contributed by atoms with Gasteiger partial charge in [-0.25, -0.2) is 4.79 Å². The molecule has 5 nitrogen and oxygen atoms in total. The van der Waals surface area contributed by atoms with Crippen molar-refractivity contribution in [3.63, 3.8) is 0 Å². The van der Waals surface area contributed by atoms with E-state index in [0.717, 1.165) is 5.70 Å². The summed E-state index contributed by atoms with van der Waals surface area (Å²) in [5, 5.41) is 8.14. The Kier molecular flexibility index (Phi) is 5.78. The van der Waals surface area contributed by atoms with Crippen LogP contribution in [0.3, 0.4) is 0 Å². The highest BCUT2D eigenvalue weighted by atomic mass is 19.5. The Hall–Kier alpha value is -2.26. The number of hydrogen-bond acceptors (Lipinski definition) is 4. The molecule has 0 amide bonds. The molecule has 2 aliphatic heterocycles. The number of hydrogen-bond donors (Lipinski definition) is 2. The lowest BCUT2D eigenvalue weighted by atomic mass is 10.0. The minimum absolute atomic E-state index is 0.289. The quantitative estimate of drug-likeness (QED) is 0.337. The number of halogens is 4. The molecule has 10 heteroatoms. The van der Waals surface area contributed by atoms with E-state index >= 15 is 0 Å². The predicted molar refractivity (Wildman–Crippen MR) is 73.6 cm³/mol. The van der Waals surface area contributed by atoms with Crippen molar-refractivity contribution >= 4 is 19.4 Å². The van der Waals surface area contributed by atoms with Crippen molar-refractivity contribution < 1.29 is 31.9 Å². The third kappa shape index (κ3) is 5.62. The summed E-state index contributed by atoms with van der Waals surface area (Å²) in [7, 11) is -4.64. The van der Waals surface area contributed by atoms with Crippen molar-refractivity contribution in [1.29, 1.82) is 0 Å². The Morgan fingerprint density at radius 1 is 1.45 bits per heavy atom. The van der Waals surface area contributed by atoms with Gasteiger partial charge in [-0.1, -0.05) is 0 Å². The van der Waals surface area contributed by atoms with Crippen LogP contribution in [0, 0.1) is 0 Å². The largest absolute Gasteiger partial charge is 0.673 e. The van der Waals surface area contributed by atoms with Gasteiger partial charge in [0.25, 0.3) is 0 Å². The van der Waals surface area contributed by atoms with Crippen molar-refractivity contribution in [2.45, 2.75) is 19.9 Å². The fourth-order valence-corrected chi connectivity index (χ4v) is 1.92. The number of hydrazine groups is 1. The number of carbonyl (C=O) groups excluding carboxylic acids is 1. The number of allylic oxidation sites excluding steroid dienone is 1. The normalized spacial score (nSPS) is 20.2. The Bertz CT molecular complexity index is 549. The van der Waals surface area contributed by atoms with Gasteiger partial charge >= 0.3 is 13.2 Å². The van der Waals surface area contributed by atoms with Crippen molar-refractivity contribution in [2.75, 3.05) is 7.11 Å². The number of methoxy groups -OCH3 is 1. The summed E-state index contributed by atoms with van der Waals surface area (Å²) in [6.07, 6.45) is 6.88. The molecule has 22 heavy (non-hydrogen) atoms. The Morgan fingerprint density at radius 2 is 2.05 bits per heavy atom. The van der Waals surface area contributed by atoms with E-state index < -0.39 is 7.25 Å². The van der Waals surface area contributed by atoms with Crippen molar-refractivity contribution in [3.05, 3.63) is 35.3 Å². The number of nitrogens with zero attached hydrogens (tertiary/aromatic N) is 1. The average molecular weight is 321 g/mol. The molecule has 2 rings (SSSR count). The molecule has 0 saturated carbocycles. The van der Waals surface area contributed by atoms with Gasteiger partial charge in [-0.05, 0) is 13.8 Å². The van der Waals surface area contributed by atoms with Crippen LogP contribution in [-0.2, 0) is 9.53 Å². The first-order valence-electron chi connectivity index (χ1n) is 6.32. The second-order valence-corrected chi connectivity index (χ2v) is 4.50. The SMILES string of the molecule is COC(=O)C=CN1C=C2C(=C(C)NC2C)C=[NH+]1.F[B-](F)(F)F. The summed E-state index contributed by atoms with van der Waals surface area (Å²) in [6.45, 7) is 4.15. The van der Waals surface area contributed by atoms with E-state index in [2.05, 4.69) is 22.1 Å². The van der Waals surface area contributed by atoms with Gasteiger partial charge in [-0.2, -0.15) is 0 Å². The first-order chi connectivity index (χ1) is 10.1. The van der Waals surface area contributed by atoms with Gasteiger partial charge in [0.15, 0.2) is 0 Å². The zero-order chi connectivity index (χ0) is 16.9. The zero-order valence-electron chi connectivity index (χ0n) is 12.2. The number of fused-ring (bicyclic) bond motifs is 1. The first-order valence-corrected chi connectivity index (χ1v) is 6.32. The van der Waals surface area contributed by atoms with Gasteiger partial charge in [0.05, 0.1) is 31.1 Å². The summed E-state index contributed by atoms with van der Waals surface area (Å²) >= 11 is 0. The Morgan fingerprint density at radius 3 is 2.59 bits per heavy atom. The Balaban J connectivity index is 0.000000422. The van der Waals surface area contributed by atoms with Crippen molar-refractivity contribution in [2.24, 2.45) is 0 Å². The van der Waals surface area contributed by atoms with Crippen molar-refractivity contribution in [3.8, 4) is 0 Å². The molecule has 0 radical (unpaired) electrons. The molecule has 0 aromatic rings. The van der Waals surface area contributed by atoms with Crippen LogP contribution in [0.15, 0.2) is 35.3 Å². The summed E-state index contributed by atoms with van der Waals surface area (Å²) in [5.74, 6) is -0.375. The number of ether oxygens (including phenoxy) is 1. The van der Waals surface area contributed by atoms with E-state index in [4.69, 9.17) is 0 Å². The van der Waals surface area contributed by atoms with Crippen LogP contribution in [0.4, 0.5) is 17.3 Å². The highest BCUT2D eigenvalue weighted by Gasteiger charge is 2.27. The minimum Gasteiger partial charge on any atom is -0.466 e. The molecule has 0 aromatic heterocycles. The first kappa shape index (κ1) is 17.8. The van der Waals surface area contributed by atoms with E-state index in [1.807, 2.05) is 19.3 Å². The summed E-state index contributed by atoms with van der Waals surface area (Å²) < 4.78 is 43.5. The van der Waals surface area contributed by atoms with Crippen LogP contribution < -0.4 is 10.4 Å². The molecule has 0 aliphatic carbocycles. The minimum atomic E-state index is -6.00. The maximum Gasteiger partial charge on any atom is 0.673 e. The third-order valence-corrected chi connectivity index (χ3v) is 2.82. The van der Waals surface area contributed by atoms with Gasteiger partial charge in [-0.3, -0.25) is 0 Å². The molecule has 0 aromatic carbocycles. The molecule has 2 heterocycles. The topological polar surface area (TPSA) is 55.5 Å². The molecule has 2 N–H and O–H groups in total. The molecule has 0 saturated heterocycles. The average Bonchev–Trinajstić information content (AvgIpc) is 2.69. The lowest BCUT2D eigenvalue weighted by molar-refractivity contribution is -0.609. The molecule has 2 aliphatic rings. The lowest BCUT2D eigenvalue weighted by Crippen LogP contribution is -2.79. The number of carbonyl (C=O) groups is 1.